The van der Waals surface area contributed by atoms with Crippen molar-refractivity contribution in [2.24, 2.45) is 0 Å². The Kier molecular flexibility index (Phi) is 5.87. The maximum atomic E-state index is 13.1. The molecule has 1 aromatic rings. The van der Waals surface area contributed by atoms with Crippen LogP contribution in [0.5, 0.6) is 0 Å². The summed E-state index contributed by atoms with van der Waals surface area (Å²) in [6.45, 7) is 6.82. The molecule has 1 atom stereocenters. The molecule has 150 valence electrons. The van der Waals surface area contributed by atoms with Crippen LogP contribution in [0.25, 0.3) is 0 Å². The van der Waals surface area contributed by atoms with Crippen LogP contribution in [0.3, 0.4) is 0 Å². The Morgan fingerprint density at radius 3 is 2.79 bits per heavy atom. The summed E-state index contributed by atoms with van der Waals surface area (Å²) in [5.41, 5.74) is 0.608. The fourth-order valence-electron chi connectivity index (χ4n) is 4.22. The van der Waals surface area contributed by atoms with Crippen molar-refractivity contribution in [2.45, 2.75) is 51.1 Å². The predicted molar refractivity (Wildman–Crippen MR) is 109 cm³/mol. The number of rotatable bonds is 8. The van der Waals surface area contributed by atoms with Crippen LogP contribution in [-0.2, 0) is 9.59 Å². The summed E-state index contributed by atoms with van der Waals surface area (Å²) in [4.78, 5) is 43.3. The molecule has 1 aromatic carbocycles. The molecule has 1 unspecified atom stereocenters. The third-order valence-electron chi connectivity index (χ3n) is 5.85. The minimum absolute atomic E-state index is 0.0467. The third-order valence-corrected chi connectivity index (χ3v) is 5.85. The summed E-state index contributed by atoms with van der Waals surface area (Å²) in [5, 5.41) is 0. The lowest BCUT2D eigenvalue weighted by atomic mass is 9.98. The Labute approximate surface area is 166 Å². The molecule has 2 aliphatic rings. The van der Waals surface area contributed by atoms with Crippen molar-refractivity contribution >= 4 is 23.4 Å². The molecule has 1 fully saturated rings. The van der Waals surface area contributed by atoms with Crippen LogP contribution >= 0.6 is 0 Å². The van der Waals surface area contributed by atoms with E-state index in [1.807, 2.05) is 38.2 Å². The Balaban J connectivity index is 1.68. The van der Waals surface area contributed by atoms with Gasteiger partial charge in [0, 0.05) is 33.0 Å². The van der Waals surface area contributed by atoms with Gasteiger partial charge in [-0.05, 0) is 44.7 Å². The van der Waals surface area contributed by atoms with Crippen molar-refractivity contribution in [1.29, 1.82) is 0 Å². The van der Waals surface area contributed by atoms with Crippen LogP contribution in [0.15, 0.2) is 36.9 Å². The van der Waals surface area contributed by atoms with Gasteiger partial charge in [0.1, 0.15) is 5.66 Å². The van der Waals surface area contributed by atoms with Crippen LogP contribution in [0.2, 0.25) is 0 Å². The minimum atomic E-state index is -0.651. The number of para-hydroxylation sites is 1. The van der Waals surface area contributed by atoms with Gasteiger partial charge in [0.05, 0.1) is 11.3 Å². The standard InChI is InChI=1S/C22H29N3O3/c1-4-5-8-15-23(3)19(26)12-9-16-24-21(28)17-10-6-7-11-18(17)25-20(27)13-14-22(24,25)2/h4,6-7,10-11H,1,5,8-9,12-16H2,2-3H3. The molecule has 3 amide bonds. The molecule has 1 saturated heterocycles. The molecule has 0 aromatic heterocycles. The summed E-state index contributed by atoms with van der Waals surface area (Å²) in [6, 6.07) is 7.29. The van der Waals surface area contributed by atoms with Crippen molar-refractivity contribution in [3.05, 3.63) is 42.5 Å². The van der Waals surface area contributed by atoms with E-state index in [1.54, 1.807) is 20.8 Å². The van der Waals surface area contributed by atoms with E-state index in [9.17, 15) is 14.4 Å². The fraction of sp³-hybridized carbons (Fsp3) is 0.500. The lowest BCUT2D eigenvalue weighted by molar-refractivity contribution is -0.130. The second-order valence-electron chi connectivity index (χ2n) is 7.77. The summed E-state index contributed by atoms with van der Waals surface area (Å²) < 4.78 is 0. The monoisotopic (exact) mass is 383 g/mol. The zero-order valence-corrected chi connectivity index (χ0v) is 16.8. The van der Waals surface area contributed by atoms with Crippen molar-refractivity contribution in [1.82, 2.24) is 9.80 Å². The molecule has 0 aliphatic carbocycles. The number of hydrogen-bond donors (Lipinski definition) is 0. The van der Waals surface area contributed by atoms with Crippen LogP contribution < -0.4 is 4.90 Å². The van der Waals surface area contributed by atoms with Crippen LogP contribution in [-0.4, -0.2) is 53.3 Å². The molecular weight excluding hydrogens is 354 g/mol. The van der Waals surface area contributed by atoms with E-state index in [1.165, 1.54) is 0 Å². The van der Waals surface area contributed by atoms with Crippen molar-refractivity contribution in [3.63, 3.8) is 0 Å². The van der Waals surface area contributed by atoms with E-state index >= 15 is 0 Å². The molecule has 6 heteroatoms. The first-order chi connectivity index (χ1) is 13.4. The Hall–Kier alpha value is -2.63. The largest absolute Gasteiger partial charge is 0.346 e. The maximum absolute atomic E-state index is 13.1. The topological polar surface area (TPSA) is 60.9 Å². The molecule has 0 saturated carbocycles. The van der Waals surface area contributed by atoms with Gasteiger partial charge in [-0.1, -0.05) is 18.2 Å². The van der Waals surface area contributed by atoms with Crippen molar-refractivity contribution in [3.8, 4) is 0 Å². The van der Waals surface area contributed by atoms with Gasteiger partial charge in [-0.25, -0.2) is 0 Å². The van der Waals surface area contributed by atoms with Gasteiger partial charge in [-0.3, -0.25) is 19.3 Å². The SMILES string of the molecule is C=CCCCN(C)C(=O)CCCN1C(=O)c2ccccc2N2C(=O)CCC12C. The number of benzene rings is 1. The molecule has 2 aliphatic heterocycles. The number of fused-ring (bicyclic) bond motifs is 3. The highest BCUT2D eigenvalue weighted by molar-refractivity contribution is 6.10. The first-order valence-corrected chi connectivity index (χ1v) is 9.99. The maximum Gasteiger partial charge on any atom is 0.257 e. The van der Waals surface area contributed by atoms with Gasteiger partial charge in [0.2, 0.25) is 11.8 Å². The van der Waals surface area contributed by atoms with E-state index in [2.05, 4.69) is 6.58 Å². The summed E-state index contributed by atoms with van der Waals surface area (Å²) in [5.74, 6) is 0.0692. The average Bonchev–Trinajstić information content (AvgIpc) is 3.00. The molecule has 0 bridgehead atoms. The number of anilines is 1. The highest BCUT2D eigenvalue weighted by Gasteiger charge is 2.52. The van der Waals surface area contributed by atoms with E-state index in [0.717, 1.165) is 12.8 Å². The normalized spacial score (nSPS) is 20.8. The molecule has 28 heavy (non-hydrogen) atoms. The molecule has 0 spiro atoms. The quantitative estimate of drug-likeness (QED) is 0.512. The molecule has 6 nitrogen and oxygen atoms in total. The first-order valence-electron chi connectivity index (χ1n) is 9.99. The Bertz CT molecular complexity index is 791. The molecule has 2 heterocycles. The first kappa shape index (κ1) is 20.1. The van der Waals surface area contributed by atoms with E-state index in [-0.39, 0.29) is 17.7 Å². The molecule has 0 radical (unpaired) electrons. The lowest BCUT2D eigenvalue weighted by Crippen LogP contribution is -2.62. The molecule has 0 N–H and O–H groups in total. The zero-order chi connectivity index (χ0) is 20.3. The second-order valence-corrected chi connectivity index (χ2v) is 7.77. The number of carbonyl (C=O) groups is 3. The highest BCUT2D eigenvalue weighted by Crippen LogP contribution is 2.43. The number of amides is 3. The van der Waals surface area contributed by atoms with E-state index in [4.69, 9.17) is 0 Å². The fourth-order valence-corrected chi connectivity index (χ4v) is 4.22. The average molecular weight is 383 g/mol. The number of carbonyl (C=O) groups excluding carboxylic acids is 3. The predicted octanol–water partition coefficient (Wildman–Crippen LogP) is 3.19. The second kappa shape index (κ2) is 8.17. The van der Waals surface area contributed by atoms with Crippen LogP contribution in [0.1, 0.15) is 55.8 Å². The molecular formula is C22H29N3O3. The number of allylic oxidation sites excluding steroid dienone is 1. The minimum Gasteiger partial charge on any atom is -0.346 e. The van der Waals surface area contributed by atoms with Gasteiger partial charge >= 0.3 is 0 Å². The van der Waals surface area contributed by atoms with Gasteiger partial charge in [-0.15, -0.1) is 6.58 Å². The summed E-state index contributed by atoms with van der Waals surface area (Å²) in [7, 11) is 1.81. The Morgan fingerprint density at radius 1 is 1.29 bits per heavy atom. The van der Waals surface area contributed by atoms with Crippen molar-refractivity contribution in [2.75, 3.05) is 25.0 Å². The van der Waals surface area contributed by atoms with Gasteiger partial charge in [0.25, 0.3) is 5.91 Å². The van der Waals surface area contributed by atoms with Gasteiger partial charge < -0.3 is 9.80 Å². The number of unbranched alkanes of at least 4 members (excludes halogenated alkanes) is 1. The molecule has 3 rings (SSSR count). The van der Waals surface area contributed by atoms with Crippen molar-refractivity contribution < 1.29 is 14.4 Å². The summed E-state index contributed by atoms with van der Waals surface area (Å²) >= 11 is 0. The highest BCUT2D eigenvalue weighted by atomic mass is 16.2. The lowest BCUT2D eigenvalue weighted by Gasteiger charge is -2.48. The summed E-state index contributed by atoms with van der Waals surface area (Å²) in [6.07, 6.45) is 5.66. The number of nitrogens with zero attached hydrogens (tertiary/aromatic N) is 3. The van der Waals surface area contributed by atoms with Gasteiger partial charge in [0.15, 0.2) is 0 Å². The van der Waals surface area contributed by atoms with Gasteiger partial charge in [-0.2, -0.15) is 0 Å². The van der Waals surface area contributed by atoms with E-state index < -0.39 is 5.66 Å². The van der Waals surface area contributed by atoms with Crippen LogP contribution in [0.4, 0.5) is 5.69 Å². The van der Waals surface area contributed by atoms with E-state index in [0.29, 0.717) is 50.0 Å². The third kappa shape index (κ3) is 3.55. The zero-order valence-electron chi connectivity index (χ0n) is 16.8. The van der Waals surface area contributed by atoms with Crippen LogP contribution in [0, 0.1) is 0 Å². The Morgan fingerprint density at radius 2 is 2.04 bits per heavy atom. The number of hydrogen-bond acceptors (Lipinski definition) is 3. The smallest absolute Gasteiger partial charge is 0.257 e.